The average Bonchev–Trinajstić information content (AvgIpc) is 3.30. The summed E-state index contributed by atoms with van der Waals surface area (Å²) in [6.45, 7) is 2.96. The van der Waals surface area contributed by atoms with Gasteiger partial charge in [-0.05, 0) is 50.2 Å². The Morgan fingerprint density at radius 2 is 1.84 bits per heavy atom. The van der Waals surface area contributed by atoms with Gasteiger partial charge in [-0.1, -0.05) is 24.3 Å². The van der Waals surface area contributed by atoms with Crippen LogP contribution in [0.5, 0.6) is 5.75 Å². The van der Waals surface area contributed by atoms with Gasteiger partial charge in [0.15, 0.2) is 17.6 Å². The normalized spacial score (nSPS) is 11.8. The van der Waals surface area contributed by atoms with Crippen LogP contribution in [-0.4, -0.2) is 17.8 Å². The SMILES string of the molecule is CC(=O)c1cccc(NC(=O)C(C)Oc2c(-c3ccco3)oc3ccccc3c2=O)c1. The first-order chi connectivity index (χ1) is 14.9. The van der Waals surface area contributed by atoms with E-state index in [1.807, 2.05) is 0 Å². The van der Waals surface area contributed by atoms with E-state index in [2.05, 4.69) is 5.32 Å². The molecular formula is C24H19NO6. The first-order valence-electron chi connectivity index (χ1n) is 9.62. The van der Waals surface area contributed by atoms with Crippen LogP contribution in [0.4, 0.5) is 5.69 Å². The largest absolute Gasteiger partial charge is 0.473 e. The maximum Gasteiger partial charge on any atom is 0.265 e. The molecule has 2 aromatic heterocycles. The van der Waals surface area contributed by atoms with E-state index in [1.54, 1.807) is 60.7 Å². The third-order valence-corrected chi connectivity index (χ3v) is 4.70. The van der Waals surface area contributed by atoms with Gasteiger partial charge in [0, 0.05) is 11.3 Å². The molecule has 0 aliphatic rings. The Balaban J connectivity index is 1.66. The number of ketones is 1. The third-order valence-electron chi connectivity index (χ3n) is 4.70. The van der Waals surface area contributed by atoms with E-state index in [1.165, 1.54) is 20.1 Å². The number of anilines is 1. The molecule has 4 aromatic rings. The predicted molar refractivity (Wildman–Crippen MR) is 115 cm³/mol. The first kappa shape index (κ1) is 20.2. The molecule has 31 heavy (non-hydrogen) atoms. The van der Waals surface area contributed by atoms with E-state index in [0.29, 0.717) is 28.0 Å². The smallest absolute Gasteiger partial charge is 0.265 e. The molecule has 0 aliphatic heterocycles. The fraction of sp³-hybridized carbons (Fsp3) is 0.125. The number of hydrogen-bond acceptors (Lipinski definition) is 6. The average molecular weight is 417 g/mol. The Kier molecular flexibility index (Phi) is 5.41. The highest BCUT2D eigenvalue weighted by molar-refractivity contribution is 5.98. The van der Waals surface area contributed by atoms with E-state index in [9.17, 15) is 14.4 Å². The highest BCUT2D eigenvalue weighted by Gasteiger charge is 2.24. The van der Waals surface area contributed by atoms with Gasteiger partial charge in [0.2, 0.25) is 16.9 Å². The van der Waals surface area contributed by atoms with Crippen LogP contribution >= 0.6 is 0 Å². The van der Waals surface area contributed by atoms with Crippen molar-refractivity contribution in [2.75, 3.05) is 5.32 Å². The number of nitrogens with one attached hydrogen (secondary N) is 1. The summed E-state index contributed by atoms with van der Waals surface area (Å²) in [4.78, 5) is 37.3. The lowest BCUT2D eigenvalue weighted by Gasteiger charge is -2.16. The number of furan rings is 1. The Morgan fingerprint density at radius 1 is 1.03 bits per heavy atom. The molecule has 1 unspecified atom stereocenters. The molecule has 1 atom stereocenters. The number of rotatable bonds is 6. The summed E-state index contributed by atoms with van der Waals surface area (Å²) < 4.78 is 17.0. The standard InChI is InChI=1S/C24H19NO6/c1-14(26)16-7-5-8-17(13-16)25-24(28)15(2)30-23-21(27)18-9-3-4-10-19(18)31-22(23)20-11-6-12-29-20/h3-13,15H,1-2H3,(H,25,28). The Hall–Kier alpha value is -4.13. The zero-order valence-corrected chi connectivity index (χ0v) is 16.9. The fourth-order valence-electron chi connectivity index (χ4n) is 3.09. The van der Waals surface area contributed by atoms with Crippen LogP contribution in [0.1, 0.15) is 24.2 Å². The number of Topliss-reactive ketones (excluding diaryl/α,β-unsaturated/α-hetero) is 1. The van der Waals surface area contributed by atoms with Crippen molar-refractivity contribution in [3.63, 3.8) is 0 Å². The van der Waals surface area contributed by atoms with Crippen molar-refractivity contribution in [2.45, 2.75) is 20.0 Å². The van der Waals surface area contributed by atoms with Crippen LogP contribution in [0.15, 0.2) is 80.6 Å². The van der Waals surface area contributed by atoms with Crippen molar-refractivity contribution >= 4 is 28.3 Å². The molecule has 0 radical (unpaired) electrons. The van der Waals surface area contributed by atoms with E-state index >= 15 is 0 Å². The van der Waals surface area contributed by atoms with Gasteiger partial charge in [-0.2, -0.15) is 0 Å². The lowest BCUT2D eigenvalue weighted by molar-refractivity contribution is -0.122. The second kappa shape index (κ2) is 8.31. The van der Waals surface area contributed by atoms with Crippen molar-refractivity contribution in [1.82, 2.24) is 0 Å². The molecule has 0 fully saturated rings. The van der Waals surface area contributed by atoms with Gasteiger partial charge in [0.05, 0.1) is 11.6 Å². The molecule has 0 bridgehead atoms. The summed E-state index contributed by atoms with van der Waals surface area (Å²) in [7, 11) is 0. The van der Waals surface area contributed by atoms with Gasteiger partial charge >= 0.3 is 0 Å². The van der Waals surface area contributed by atoms with E-state index in [-0.39, 0.29) is 17.3 Å². The zero-order valence-electron chi connectivity index (χ0n) is 16.9. The molecular weight excluding hydrogens is 398 g/mol. The maximum absolute atomic E-state index is 13.1. The number of fused-ring (bicyclic) bond motifs is 1. The quantitative estimate of drug-likeness (QED) is 0.458. The lowest BCUT2D eigenvalue weighted by atomic mass is 10.1. The van der Waals surface area contributed by atoms with Crippen molar-refractivity contribution in [3.8, 4) is 17.3 Å². The molecule has 0 saturated carbocycles. The highest BCUT2D eigenvalue weighted by atomic mass is 16.5. The van der Waals surface area contributed by atoms with Crippen LogP contribution in [-0.2, 0) is 4.79 Å². The van der Waals surface area contributed by atoms with Gasteiger partial charge < -0.3 is 18.9 Å². The molecule has 0 spiro atoms. The minimum Gasteiger partial charge on any atom is -0.473 e. The molecule has 2 aromatic carbocycles. The van der Waals surface area contributed by atoms with Crippen LogP contribution in [0.2, 0.25) is 0 Å². The van der Waals surface area contributed by atoms with Gasteiger partial charge in [-0.15, -0.1) is 0 Å². The summed E-state index contributed by atoms with van der Waals surface area (Å²) >= 11 is 0. The second-order valence-corrected chi connectivity index (χ2v) is 6.95. The van der Waals surface area contributed by atoms with E-state index in [4.69, 9.17) is 13.6 Å². The molecule has 2 heterocycles. The fourth-order valence-corrected chi connectivity index (χ4v) is 3.09. The second-order valence-electron chi connectivity index (χ2n) is 6.95. The first-order valence-corrected chi connectivity index (χ1v) is 9.62. The summed E-state index contributed by atoms with van der Waals surface area (Å²) in [5, 5.41) is 3.02. The molecule has 0 saturated heterocycles. The topological polar surface area (TPSA) is 98.8 Å². The van der Waals surface area contributed by atoms with Crippen LogP contribution in [0, 0.1) is 0 Å². The van der Waals surface area contributed by atoms with Gasteiger partial charge in [0.1, 0.15) is 5.58 Å². The number of amides is 1. The molecule has 1 amide bonds. The number of carbonyl (C=O) groups is 2. The minimum atomic E-state index is -1.03. The molecule has 7 nitrogen and oxygen atoms in total. The molecule has 4 rings (SSSR count). The van der Waals surface area contributed by atoms with Gasteiger partial charge in [0.25, 0.3) is 5.91 Å². The molecule has 156 valence electrons. The number of ether oxygens (including phenoxy) is 1. The lowest BCUT2D eigenvalue weighted by Crippen LogP contribution is -2.31. The monoisotopic (exact) mass is 417 g/mol. The van der Waals surface area contributed by atoms with Crippen molar-refractivity contribution in [1.29, 1.82) is 0 Å². The number of para-hydroxylation sites is 1. The zero-order chi connectivity index (χ0) is 22.0. The summed E-state index contributed by atoms with van der Waals surface area (Å²) in [6, 6.07) is 16.6. The number of benzene rings is 2. The number of hydrogen-bond donors (Lipinski definition) is 1. The van der Waals surface area contributed by atoms with Gasteiger partial charge in [-0.25, -0.2) is 0 Å². The molecule has 7 heteroatoms. The summed E-state index contributed by atoms with van der Waals surface area (Å²) in [5.41, 5.74) is 0.891. The summed E-state index contributed by atoms with van der Waals surface area (Å²) in [6.07, 6.45) is 0.422. The molecule has 0 aliphatic carbocycles. The third kappa shape index (κ3) is 4.11. The van der Waals surface area contributed by atoms with Crippen LogP contribution in [0.25, 0.3) is 22.5 Å². The van der Waals surface area contributed by atoms with Crippen LogP contribution < -0.4 is 15.5 Å². The molecule has 1 N–H and O–H groups in total. The van der Waals surface area contributed by atoms with E-state index in [0.717, 1.165) is 0 Å². The van der Waals surface area contributed by atoms with Gasteiger partial charge in [-0.3, -0.25) is 14.4 Å². The van der Waals surface area contributed by atoms with Crippen molar-refractivity contribution < 1.29 is 23.2 Å². The summed E-state index contributed by atoms with van der Waals surface area (Å²) in [5.74, 6) is -0.309. The van der Waals surface area contributed by atoms with Crippen LogP contribution in [0.3, 0.4) is 0 Å². The Bertz CT molecular complexity index is 1320. The van der Waals surface area contributed by atoms with E-state index < -0.39 is 17.4 Å². The Morgan fingerprint density at radius 3 is 2.58 bits per heavy atom. The predicted octanol–water partition coefficient (Wildman–Crippen LogP) is 4.66. The highest BCUT2D eigenvalue weighted by Crippen LogP contribution is 2.31. The minimum absolute atomic E-state index is 0.104. The Labute approximate surface area is 177 Å². The number of carbonyl (C=O) groups excluding carboxylic acids is 2. The maximum atomic E-state index is 13.1. The van der Waals surface area contributed by atoms with Crippen molar-refractivity contribution in [2.24, 2.45) is 0 Å². The van der Waals surface area contributed by atoms with Crippen molar-refractivity contribution in [3.05, 3.63) is 82.7 Å².